The topological polar surface area (TPSA) is 37.1 Å². The van der Waals surface area contributed by atoms with Gasteiger partial charge in [-0.3, -0.25) is 0 Å². The summed E-state index contributed by atoms with van der Waals surface area (Å²) < 4.78 is 2.61. The van der Waals surface area contributed by atoms with Crippen molar-refractivity contribution in [3.05, 3.63) is 47.1 Å². The molecule has 0 radical (unpaired) electrons. The van der Waals surface area contributed by atoms with Crippen LogP contribution >= 0.6 is 0 Å². The molecule has 4 aliphatic rings. The molecule has 196 valence electrons. The normalized spacial score (nSPS) is 20.3. The lowest BCUT2D eigenvalue weighted by Gasteiger charge is -2.15. The first-order chi connectivity index (χ1) is 18.9. The minimum atomic E-state index is 1.10. The molecule has 4 heterocycles. The summed E-state index contributed by atoms with van der Waals surface area (Å²) in [6.07, 6.45) is 10.5. The molecule has 38 heavy (non-hydrogen) atoms. The number of benzene rings is 2. The van der Waals surface area contributed by atoms with Crippen LogP contribution in [0.2, 0.25) is 0 Å². The summed E-state index contributed by atoms with van der Waals surface area (Å²) in [5.41, 5.74) is 7.99. The van der Waals surface area contributed by atoms with E-state index in [1.54, 1.807) is 0 Å². The maximum atomic E-state index is 5.34. The Morgan fingerprint density at radius 3 is 1.79 bits per heavy atom. The molecule has 4 aromatic carbocycles. The van der Waals surface area contributed by atoms with Crippen molar-refractivity contribution in [3.63, 3.8) is 0 Å². The van der Waals surface area contributed by atoms with Crippen LogP contribution < -0.4 is 35.3 Å². The Hall–Kier alpha value is -3.28. The average Bonchev–Trinajstić information content (AvgIpc) is 3.51. The van der Waals surface area contributed by atoms with Crippen LogP contribution in [0.15, 0.2) is 41.4 Å². The van der Waals surface area contributed by atoms with Crippen molar-refractivity contribution in [2.45, 2.75) is 51.4 Å². The standard InChI is InChI=1S/C32H38N6/c1-2-16-35(15-1)29-27(30(29)36-17-3-4-18-36)33-25-13-9-12-24-23(25)11-10-14-26(24)34-28-31(37-19-5-6-20-37)32(28)38-21-7-8-22-38/h9-14H,1-8,15-22H2/p+1. The third-order valence-electron chi connectivity index (χ3n) is 9.33. The minimum absolute atomic E-state index is 1.10. The van der Waals surface area contributed by atoms with Crippen molar-refractivity contribution in [1.82, 2.24) is 4.58 Å². The molecule has 6 nitrogen and oxygen atoms in total. The molecule has 4 saturated heterocycles. The van der Waals surface area contributed by atoms with E-state index in [0.717, 1.165) is 5.69 Å². The highest BCUT2D eigenvalue weighted by Gasteiger charge is 2.36. The second-order valence-corrected chi connectivity index (χ2v) is 11.8. The highest BCUT2D eigenvalue weighted by molar-refractivity contribution is 6.03. The van der Waals surface area contributed by atoms with Crippen LogP contribution in [0, 0.1) is 0 Å². The van der Waals surface area contributed by atoms with Gasteiger partial charge in [0.2, 0.25) is 0 Å². The first-order valence-corrected chi connectivity index (χ1v) is 15.1. The molecular formula is C32H39N6+. The van der Waals surface area contributed by atoms with Crippen LogP contribution in [-0.4, -0.2) is 52.4 Å². The van der Waals surface area contributed by atoms with Crippen LogP contribution in [0.1, 0.15) is 51.4 Å². The fourth-order valence-corrected chi connectivity index (χ4v) is 7.28. The van der Waals surface area contributed by atoms with Gasteiger partial charge in [-0.2, -0.15) is 0 Å². The Labute approximate surface area is 225 Å². The number of fused-ring (bicyclic) bond motifs is 1. The van der Waals surface area contributed by atoms with Crippen molar-refractivity contribution in [3.8, 4) is 0 Å². The molecule has 8 rings (SSSR count). The van der Waals surface area contributed by atoms with Gasteiger partial charge in [0.1, 0.15) is 29.8 Å². The molecular weight excluding hydrogens is 468 g/mol. The molecule has 0 aromatic heterocycles. The molecule has 0 amide bonds. The largest absolute Gasteiger partial charge is 0.368 e. The van der Waals surface area contributed by atoms with Gasteiger partial charge in [-0.15, -0.1) is 0 Å². The van der Waals surface area contributed by atoms with Gasteiger partial charge >= 0.3 is 0 Å². The number of anilines is 5. The van der Waals surface area contributed by atoms with Gasteiger partial charge in [0.15, 0.2) is 0 Å². The van der Waals surface area contributed by atoms with Crippen molar-refractivity contribution in [2.24, 2.45) is 4.99 Å². The van der Waals surface area contributed by atoms with Gasteiger partial charge in [-0.25, -0.2) is 9.57 Å². The van der Waals surface area contributed by atoms with Crippen LogP contribution in [0.4, 0.5) is 34.1 Å². The fourth-order valence-electron chi connectivity index (χ4n) is 7.28. The molecule has 0 saturated carbocycles. The summed E-state index contributed by atoms with van der Waals surface area (Å²) in [4.78, 5) is 13.1. The third kappa shape index (κ3) is 3.83. The van der Waals surface area contributed by atoms with Gasteiger partial charge in [-0.1, -0.05) is 24.3 Å². The summed E-state index contributed by atoms with van der Waals surface area (Å²) in [5, 5.41) is 9.12. The van der Waals surface area contributed by atoms with Crippen LogP contribution in [0.25, 0.3) is 10.8 Å². The summed E-state index contributed by atoms with van der Waals surface area (Å²) >= 11 is 0. The Kier molecular flexibility index (Phi) is 5.48. The van der Waals surface area contributed by atoms with Crippen molar-refractivity contribution in [2.75, 3.05) is 72.4 Å². The molecule has 4 aromatic rings. The van der Waals surface area contributed by atoms with Crippen molar-refractivity contribution < 1.29 is 0 Å². The minimum Gasteiger partial charge on any atom is -0.368 e. The van der Waals surface area contributed by atoms with E-state index in [0.29, 0.717) is 0 Å². The van der Waals surface area contributed by atoms with E-state index in [2.05, 4.69) is 61.0 Å². The maximum Gasteiger partial charge on any atom is 0.252 e. The van der Waals surface area contributed by atoms with E-state index in [4.69, 9.17) is 4.99 Å². The molecule has 0 unspecified atom stereocenters. The zero-order valence-electron chi connectivity index (χ0n) is 22.5. The quantitative estimate of drug-likeness (QED) is 0.376. The lowest BCUT2D eigenvalue weighted by molar-refractivity contribution is 0.706. The highest BCUT2D eigenvalue weighted by atomic mass is 15.3. The van der Waals surface area contributed by atoms with Gasteiger partial charge in [0, 0.05) is 68.6 Å². The monoisotopic (exact) mass is 507 g/mol. The Morgan fingerprint density at radius 1 is 0.605 bits per heavy atom. The van der Waals surface area contributed by atoms with Crippen LogP contribution in [0.5, 0.6) is 0 Å². The second kappa shape index (κ2) is 9.18. The van der Waals surface area contributed by atoms with Gasteiger partial charge in [0.25, 0.3) is 5.36 Å². The maximum absolute atomic E-state index is 5.34. The molecule has 0 atom stereocenters. The first-order valence-electron chi connectivity index (χ1n) is 15.1. The Morgan fingerprint density at radius 2 is 1.16 bits per heavy atom. The van der Waals surface area contributed by atoms with Gasteiger partial charge in [0.05, 0.1) is 17.1 Å². The molecule has 0 aliphatic carbocycles. The van der Waals surface area contributed by atoms with Crippen molar-refractivity contribution in [1.29, 1.82) is 0 Å². The van der Waals surface area contributed by atoms with Crippen molar-refractivity contribution >= 4 is 44.9 Å². The number of nitrogens with zero attached hydrogens (tertiary/aromatic N) is 5. The lowest BCUT2D eigenvalue weighted by Crippen LogP contribution is -2.24. The SMILES string of the molecule is c1cc(Nc2c(N3CCCC3)c2=[N+]2CCCC2)c2cccc(N=c3c(N4CCCC4)c3N3CCCC3)c2c1. The number of hydrogen-bond donors (Lipinski definition) is 1. The number of hydrogen-bond acceptors (Lipinski definition) is 5. The zero-order valence-corrected chi connectivity index (χ0v) is 22.5. The molecule has 4 fully saturated rings. The van der Waals surface area contributed by atoms with Crippen LogP contribution in [-0.2, 0) is 0 Å². The number of nitrogens with one attached hydrogen (secondary N) is 1. The number of rotatable bonds is 6. The summed E-state index contributed by atoms with van der Waals surface area (Å²) in [5.74, 6) is 0. The van der Waals surface area contributed by atoms with E-state index < -0.39 is 0 Å². The summed E-state index contributed by atoms with van der Waals surface area (Å²) in [6, 6.07) is 13.3. The summed E-state index contributed by atoms with van der Waals surface area (Å²) in [6.45, 7) is 9.50. The molecule has 4 aliphatic heterocycles. The predicted molar refractivity (Wildman–Crippen MR) is 159 cm³/mol. The molecule has 1 N–H and O–H groups in total. The third-order valence-corrected chi connectivity index (χ3v) is 9.33. The molecule has 0 spiro atoms. The Balaban J connectivity index is 1.17. The van der Waals surface area contributed by atoms with Gasteiger partial charge < -0.3 is 20.0 Å². The molecule has 6 heteroatoms. The highest BCUT2D eigenvalue weighted by Crippen LogP contribution is 2.40. The Bertz CT molecular complexity index is 1480. The van der Waals surface area contributed by atoms with E-state index in [-0.39, 0.29) is 0 Å². The van der Waals surface area contributed by atoms with E-state index in [1.807, 2.05) is 0 Å². The second-order valence-electron chi connectivity index (χ2n) is 11.8. The van der Waals surface area contributed by atoms with E-state index in [1.165, 1.54) is 154 Å². The smallest absolute Gasteiger partial charge is 0.252 e. The van der Waals surface area contributed by atoms with Gasteiger partial charge in [-0.05, 0) is 50.7 Å². The fraction of sp³-hybridized carbons (Fsp3) is 0.500. The molecule has 0 bridgehead atoms. The predicted octanol–water partition coefficient (Wildman–Crippen LogP) is 4.93. The van der Waals surface area contributed by atoms with E-state index in [9.17, 15) is 0 Å². The first kappa shape index (κ1) is 22.7. The lowest BCUT2D eigenvalue weighted by atomic mass is 10.1. The zero-order chi connectivity index (χ0) is 25.1. The summed E-state index contributed by atoms with van der Waals surface area (Å²) in [7, 11) is 0. The van der Waals surface area contributed by atoms with Crippen LogP contribution in [0.3, 0.4) is 0 Å². The van der Waals surface area contributed by atoms with E-state index >= 15 is 0 Å². The average molecular weight is 508 g/mol.